The molecule has 0 aliphatic rings. The van der Waals surface area contributed by atoms with E-state index in [0.29, 0.717) is 11.7 Å². The number of primary amides is 1. The third-order valence-corrected chi connectivity index (χ3v) is 2.60. The topological polar surface area (TPSA) is 78.6 Å². The van der Waals surface area contributed by atoms with Crippen LogP contribution in [0.1, 0.15) is 30.9 Å². The lowest BCUT2D eigenvalue weighted by Gasteiger charge is -2.12. The van der Waals surface area contributed by atoms with Crippen LogP contribution in [-0.2, 0) is 14.3 Å². The van der Waals surface area contributed by atoms with Gasteiger partial charge < -0.3 is 15.2 Å². The summed E-state index contributed by atoms with van der Waals surface area (Å²) in [6.45, 7) is 5.39. The molecule has 19 heavy (non-hydrogen) atoms. The zero-order valence-corrected chi connectivity index (χ0v) is 11.4. The van der Waals surface area contributed by atoms with Crippen LogP contribution in [0.2, 0.25) is 0 Å². The van der Waals surface area contributed by atoms with Crippen LogP contribution in [0.3, 0.4) is 0 Å². The fourth-order valence-electron chi connectivity index (χ4n) is 1.46. The Kier molecular flexibility index (Phi) is 5.36. The molecule has 5 nitrogen and oxygen atoms in total. The average molecular weight is 265 g/mol. The van der Waals surface area contributed by atoms with Gasteiger partial charge in [0, 0.05) is 0 Å². The van der Waals surface area contributed by atoms with Crippen LogP contribution in [-0.4, -0.2) is 25.1 Å². The summed E-state index contributed by atoms with van der Waals surface area (Å²) in [6.07, 6.45) is 0. The van der Waals surface area contributed by atoms with E-state index in [4.69, 9.17) is 10.5 Å². The highest BCUT2D eigenvalue weighted by Crippen LogP contribution is 2.24. The largest absolute Gasteiger partial charge is 0.482 e. The van der Waals surface area contributed by atoms with Crippen molar-refractivity contribution in [2.24, 2.45) is 5.73 Å². The molecule has 5 heteroatoms. The summed E-state index contributed by atoms with van der Waals surface area (Å²) in [5.74, 6) is -0.286. The van der Waals surface area contributed by atoms with Crippen LogP contribution in [0.25, 0.3) is 0 Å². The van der Waals surface area contributed by atoms with Gasteiger partial charge in [-0.25, -0.2) is 4.79 Å². The average Bonchev–Trinajstić information content (AvgIpc) is 2.35. The van der Waals surface area contributed by atoms with Crippen molar-refractivity contribution in [3.05, 3.63) is 29.3 Å². The highest BCUT2D eigenvalue weighted by Gasteiger charge is 2.09. The highest BCUT2D eigenvalue weighted by atomic mass is 16.6. The monoisotopic (exact) mass is 265 g/mol. The van der Waals surface area contributed by atoms with Crippen molar-refractivity contribution < 1.29 is 19.1 Å². The Morgan fingerprint density at radius 1 is 1.26 bits per heavy atom. The van der Waals surface area contributed by atoms with E-state index >= 15 is 0 Å². The SMILES string of the molecule is Cc1ccc(C(C)C)cc1OCC(=O)OCC(N)=O. The summed E-state index contributed by atoms with van der Waals surface area (Å²) in [5, 5.41) is 0. The Morgan fingerprint density at radius 2 is 1.95 bits per heavy atom. The van der Waals surface area contributed by atoms with Crippen molar-refractivity contribution >= 4 is 11.9 Å². The first-order chi connectivity index (χ1) is 8.90. The summed E-state index contributed by atoms with van der Waals surface area (Å²) < 4.78 is 10.00. The summed E-state index contributed by atoms with van der Waals surface area (Å²) in [4.78, 5) is 21.8. The molecule has 0 spiro atoms. The van der Waals surface area contributed by atoms with Gasteiger partial charge >= 0.3 is 5.97 Å². The van der Waals surface area contributed by atoms with E-state index in [1.165, 1.54) is 0 Å². The Morgan fingerprint density at radius 3 is 2.53 bits per heavy atom. The number of hydrogen-bond acceptors (Lipinski definition) is 4. The van der Waals surface area contributed by atoms with Crippen LogP contribution in [0.15, 0.2) is 18.2 Å². The van der Waals surface area contributed by atoms with Gasteiger partial charge in [-0.1, -0.05) is 26.0 Å². The Labute approximate surface area is 112 Å². The second-order valence-corrected chi connectivity index (χ2v) is 4.60. The van der Waals surface area contributed by atoms with Crippen molar-refractivity contribution in [3.63, 3.8) is 0 Å². The van der Waals surface area contributed by atoms with Crippen LogP contribution >= 0.6 is 0 Å². The highest BCUT2D eigenvalue weighted by molar-refractivity contribution is 5.79. The Balaban J connectivity index is 2.59. The quantitative estimate of drug-likeness (QED) is 0.791. The van der Waals surface area contributed by atoms with Gasteiger partial charge in [-0.3, -0.25) is 4.79 Å². The third kappa shape index (κ3) is 4.99. The summed E-state index contributed by atoms with van der Waals surface area (Å²) >= 11 is 0. The number of aryl methyl sites for hydroxylation is 1. The molecular formula is C14H19NO4. The van der Waals surface area contributed by atoms with Gasteiger partial charge in [-0.15, -0.1) is 0 Å². The van der Waals surface area contributed by atoms with E-state index < -0.39 is 18.5 Å². The van der Waals surface area contributed by atoms with E-state index in [1.807, 2.05) is 25.1 Å². The molecule has 0 bridgehead atoms. The van der Waals surface area contributed by atoms with Gasteiger partial charge in [0.1, 0.15) is 5.75 Å². The normalized spacial score (nSPS) is 10.3. The fourth-order valence-corrected chi connectivity index (χ4v) is 1.46. The zero-order valence-electron chi connectivity index (χ0n) is 11.4. The van der Waals surface area contributed by atoms with Crippen LogP contribution in [0.4, 0.5) is 0 Å². The molecule has 0 aliphatic carbocycles. The van der Waals surface area contributed by atoms with Crippen LogP contribution in [0, 0.1) is 6.92 Å². The van der Waals surface area contributed by atoms with Crippen molar-refractivity contribution in [1.29, 1.82) is 0 Å². The molecule has 0 heterocycles. The number of hydrogen-bond donors (Lipinski definition) is 1. The molecule has 0 fully saturated rings. The van der Waals surface area contributed by atoms with E-state index in [1.54, 1.807) is 0 Å². The molecule has 0 atom stereocenters. The predicted octanol–water partition coefficient (Wildman–Crippen LogP) is 1.53. The molecule has 0 aromatic heterocycles. The van der Waals surface area contributed by atoms with Gasteiger partial charge in [-0.2, -0.15) is 0 Å². The molecule has 0 saturated carbocycles. The Bertz CT molecular complexity index is 469. The van der Waals surface area contributed by atoms with E-state index in [9.17, 15) is 9.59 Å². The maximum absolute atomic E-state index is 11.3. The lowest BCUT2D eigenvalue weighted by atomic mass is 10.0. The Hall–Kier alpha value is -2.04. The number of carbonyl (C=O) groups is 2. The number of esters is 1. The first kappa shape index (κ1) is 15.0. The van der Waals surface area contributed by atoms with Gasteiger partial charge in [0.25, 0.3) is 5.91 Å². The first-order valence-electron chi connectivity index (χ1n) is 6.07. The molecule has 2 N–H and O–H groups in total. The fraction of sp³-hybridized carbons (Fsp3) is 0.429. The van der Waals surface area contributed by atoms with Gasteiger partial charge in [-0.05, 0) is 30.0 Å². The molecule has 0 radical (unpaired) electrons. The van der Waals surface area contributed by atoms with Crippen LogP contribution < -0.4 is 10.5 Å². The second-order valence-electron chi connectivity index (χ2n) is 4.60. The number of nitrogens with two attached hydrogens (primary N) is 1. The third-order valence-electron chi connectivity index (χ3n) is 2.60. The van der Waals surface area contributed by atoms with Crippen molar-refractivity contribution in [3.8, 4) is 5.75 Å². The number of benzene rings is 1. The molecule has 1 amide bonds. The summed E-state index contributed by atoms with van der Waals surface area (Å²) in [6, 6.07) is 5.87. The van der Waals surface area contributed by atoms with E-state index in [0.717, 1.165) is 11.1 Å². The van der Waals surface area contributed by atoms with Gasteiger partial charge in [0.05, 0.1) is 0 Å². The minimum Gasteiger partial charge on any atom is -0.482 e. The predicted molar refractivity (Wildman–Crippen MR) is 70.9 cm³/mol. The molecule has 1 aromatic rings. The van der Waals surface area contributed by atoms with Gasteiger partial charge in [0.15, 0.2) is 13.2 Å². The van der Waals surface area contributed by atoms with Crippen molar-refractivity contribution in [1.82, 2.24) is 0 Å². The van der Waals surface area contributed by atoms with Gasteiger partial charge in [0.2, 0.25) is 0 Å². The molecule has 0 saturated heterocycles. The zero-order chi connectivity index (χ0) is 14.4. The number of amides is 1. The minimum absolute atomic E-state index is 0.240. The molecule has 0 unspecified atom stereocenters. The standard InChI is InChI=1S/C14H19NO4/c1-9(2)11-5-4-10(3)12(6-11)18-8-14(17)19-7-13(15)16/h4-6,9H,7-8H2,1-3H3,(H2,15,16). The molecule has 0 aliphatic heterocycles. The molecule has 1 rings (SSSR count). The number of rotatable bonds is 6. The van der Waals surface area contributed by atoms with Crippen LogP contribution in [0.5, 0.6) is 5.75 Å². The summed E-state index contributed by atoms with van der Waals surface area (Å²) in [7, 11) is 0. The molecular weight excluding hydrogens is 246 g/mol. The maximum atomic E-state index is 11.3. The smallest absolute Gasteiger partial charge is 0.344 e. The number of carbonyl (C=O) groups excluding carboxylic acids is 2. The number of ether oxygens (including phenoxy) is 2. The summed E-state index contributed by atoms with van der Waals surface area (Å²) in [5.41, 5.74) is 6.94. The lowest BCUT2D eigenvalue weighted by molar-refractivity contribution is -0.149. The molecule has 104 valence electrons. The minimum atomic E-state index is -0.689. The second kappa shape index (κ2) is 6.78. The maximum Gasteiger partial charge on any atom is 0.344 e. The van der Waals surface area contributed by atoms with E-state index in [2.05, 4.69) is 18.6 Å². The van der Waals surface area contributed by atoms with Crippen molar-refractivity contribution in [2.45, 2.75) is 26.7 Å². The first-order valence-corrected chi connectivity index (χ1v) is 6.07. The van der Waals surface area contributed by atoms with Crippen molar-refractivity contribution in [2.75, 3.05) is 13.2 Å². The lowest BCUT2D eigenvalue weighted by Crippen LogP contribution is -2.23. The van der Waals surface area contributed by atoms with E-state index in [-0.39, 0.29) is 6.61 Å². The molecule has 1 aromatic carbocycles.